The summed E-state index contributed by atoms with van der Waals surface area (Å²) < 4.78 is 26.2. The fourth-order valence-corrected chi connectivity index (χ4v) is 5.96. The van der Waals surface area contributed by atoms with Gasteiger partial charge in [-0.25, -0.2) is 8.42 Å². The number of nitrogens with one attached hydrogen (secondary N) is 1. The third-order valence-corrected chi connectivity index (χ3v) is 8.70. The van der Waals surface area contributed by atoms with Crippen molar-refractivity contribution in [3.8, 4) is 11.1 Å². The van der Waals surface area contributed by atoms with Crippen LogP contribution in [0.25, 0.3) is 22.0 Å². The van der Waals surface area contributed by atoms with E-state index in [1.54, 1.807) is 6.07 Å². The van der Waals surface area contributed by atoms with Gasteiger partial charge in [0.1, 0.15) is 0 Å². The smallest absolute Gasteiger partial charge is 0.256 e. The molecule has 1 amide bonds. The van der Waals surface area contributed by atoms with E-state index in [0.717, 1.165) is 57.1 Å². The Kier molecular flexibility index (Phi) is 6.32. The van der Waals surface area contributed by atoms with E-state index in [1.807, 2.05) is 45.0 Å². The van der Waals surface area contributed by atoms with Gasteiger partial charge in [0.15, 0.2) is 0 Å². The molecule has 0 radical (unpaired) electrons. The molecule has 4 rings (SSSR count). The number of primary amides is 1. The number of carbonyl (C=O) groups excluding carboxylic acids is 1. The van der Waals surface area contributed by atoms with E-state index in [4.69, 9.17) is 5.73 Å². The Balaban J connectivity index is 1.95. The highest BCUT2D eigenvalue weighted by Gasteiger charge is 2.33. The molecule has 4 N–H and O–H groups in total. The zero-order valence-electron chi connectivity index (χ0n) is 20.7. The topological polar surface area (TPSA) is 116 Å². The van der Waals surface area contributed by atoms with E-state index in [9.17, 15) is 18.3 Å². The molecule has 7 nitrogen and oxygen atoms in total. The molecule has 3 aromatic rings. The highest BCUT2D eigenvalue weighted by atomic mass is 32.2. The van der Waals surface area contributed by atoms with Crippen LogP contribution in [0.4, 0.5) is 5.69 Å². The molecule has 0 spiro atoms. The number of sulfonamides is 1. The third kappa shape index (κ3) is 4.48. The van der Waals surface area contributed by atoms with Gasteiger partial charge in [-0.15, -0.1) is 0 Å². The number of nitrogens with two attached hydrogens (primary N) is 1. The molecule has 1 aromatic heterocycles. The van der Waals surface area contributed by atoms with Crippen LogP contribution in [0.1, 0.15) is 42.7 Å². The summed E-state index contributed by atoms with van der Waals surface area (Å²) in [7, 11) is -2.13. The first-order valence-corrected chi connectivity index (χ1v) is 13.2. The van der Waals surface area contributed by atoms with E-state index < -0.39 is 21.5 Å². The molecule has 1 heterocycles. The Labute approximate surface area is 206 Å². The molecular formula is C27H33N3O4S. The quantitative estimate of drug-likeness (QED) is 0.460. The summed E-state index contributed by atoms with van der Waals surface area (Å²) in [6.45, 7) is 9.04. The van der Waals surface area contributed by atoms with Crippen LogP contribution in [-0.2, 0) is 34.1 Å². The first-order valence-electron chi connectivity index (χ1n) is 11.7. The van der Waals surface area contributed by atoms with E-state index >= 15 is 0 Å². The van der Waals surface area contributed by atoms with E-state index in [0.29, 0.717) is 12.1 Å². The van der Waals surface area contributed by atoms with Gasteiger partial charge in [0.25, 0.3) is 10.0 Å². The Morgan fingerprint density at radius 1 is 1.29 bits per heavy atom. The zero-order valence-corrected chi connectivity index (χ0v) is 21.5. The number of amides is 1. The number of carbonyl (C=O) groups is 1. The fraction of sp³-hybridized carbons (Fsp3) is 0.370. The van der Waals surface area contributed by atoms with Gasteiger partial charge in [-0.05, 0) is 79.8 Å². The summed E-state index contributed by atoms with van der Waals surface area (Å²) >= 11 is 0. The maximum Gasteiger partial charge on any atom is 0.256 e. The second-order valence-corrected chi connectivity index (χ2v) is 11.9. The van der Waals surface area contributed by atoms with Crippen LogP contribution >= 0.6 is 0 Å². The van der Waals surface area contributed by atoms with Crippen LogP contribution in [-0.4, -0.2) is 37.1 Å². The lowest BCUT2D eigenvalue weighted by Crippen LogP contribution is -2.34. The van der Waals surface area contributed by atoms with Crippen LogP contribution < -0.4 is 10.0 Å². The van der Waals surface area contributed by atoms with Gasteiger partial charge in [0.2, 0.25) is 5.91 Å². The Morgan fingerprint density at radius 2 is 2.00 bits per heavy atom. The SMILES string of the molecule is C=CS(=O)(=O)N(C)c1cccc(-c2ccc(CC(N)=O)c3[nH]c4c(c23)CCC(C(C)(C)O)C4)c1C. The van der Waals surface area contributed by atoms with Crippen molar-refractivity contribution < 1.29 is 18.3 Å². The van der Waals surface area contributed by atoms with Crippen molar-refractivity contribution in [2.75, 3.05) is 11.4 Å². The summed E-state index contributed by atoms with van der Waals surface area (Å²) in [6.07, 6.45) is 2.47. The molecule has 0 saturated carbocycles. The molecule has 0 bridgehead atoms. The number of fused-ring (bicyclic) bond motifs is 3. The van der Waals surface area contributed by atoms with Crippen molar-refractivity contribution in [3.63, 3.8) is 0 Å². The molecule has 2 aromatic carbocycles. The number of hydrogen-bond acceptors (Lipinski definition) is 4. The lowest BCUT2D eigenvalue weighted by atomic mass is 9.77. The second-order valence-electron chi connectivity index (χ2n) is 9.97. The fourth-order valence-electron chi connectivity index (χ4n) is 5.26. The molecule has 0 fully saturated rings. The highest BCUT2D eigenvalue weighted by Crippen LogP contribution is 2.43. The number of aryl methyl sites for hydroxylation is 1. The lowest BCUT2D eigenvalue weighted by Gasteiger charge is -2.32. The molecule has 0 aliphatic heterocycles. The van der Waals surface area contributed by atoms with Crippen LogP contribution in [0.2, 0.25) is 0 Å². The van der Waals surface area contributed by atoms with Crippen molar-refractivity contribution in [1.29, 1.82) is 0 Å². The Bertz CT molecular complexity index is 1430. The zero-order chi connectivity index (χ0) is 25.7. The third-order valence-electron chi connectivity index (χ3n) is 7.32. The predicted molar refractivity (Wildman–Crippen MR) is 141 cm³/mol. The molecule has 186 valence electrons. The molecule has 1 aliphatic carbocycles. The Morgan fingerprint density at radius 3 is 2.63 bits per heavy atom. The minimum Gasteiger partial charge on any atom is -0.390 e. The number of rotatable bonds is 7. The second kappa shape index (κ2) is 8.84. The van der Waals surface area contributed by atoms with Crippen LogP contribution in [0, 0.1) is 12.8 Å². The summed E-state index contributed by atoms with van der Waals surface area (Å²) in [5, 5.41) is 12.6. The highest BCUT2D eigenvalue weighted by molar-refractivity contribution is 7.95. The maximum absolute atomic E-state index is 12.5. The van der Waals surface area contributed by atoms with Gasteiger partial charge >= 0.3 is 0 Å². The number of nitrogens with zero attached hydrogens (tertiary/aromatic N) is 1. The maximum atomic E-state index is 12.5. The summed E-state index contributed by atoms with van der Waals surface area (Å²) in [4.78, 5) is 15.3. The predicted octanol–water partition coefficient (Wildman–Crippen LogP) is 3.96. The monoisotopic (exact) mass is 495 g/mol. The average Bonchev–Trinajstić information content (AvgIpc) is 3.18. The van der Waals surface area contributed by atoms with Gasteiger partial charge in [-0.1, -0.05) is 30.8 Å². The molecule has 1 aliphatic rings. The van der Waals surface area contributed by atoms with Crippen molar-refractivity contribution in [3.05, 3.63) is 64.7 Å². The molecule has 1 unspecified atom stereocenters. The Hall–Kier alpha value is -3.10. The minimum absolute atomic E-state index is 0.116. The summed E-state index contributed by atoms with van der Waals surface area (Å²) in [5.41, 5.74) is 12.0. The van der Waals surface area contributed by atoms with Crippen LogP contribution in [0.3, 0.4) is 0 Å². The number of aromatic amines is 1. The molecule has 8 heteroatoms. The molecule has 0 saturated heterocycles. The van der Waals surface area contributed by atoms with Crippen molar-refractivity contribution in [2.24, 2.45) is 11.7 Å². The molecule has 35 heavy (non-hydrogen) atoms. The number of anilines is 1. The van der Waals surface area contributed by atoms with Crippen LogP contribution in [0.5, 0.6) is 0 Å². The van der Waals surface area contributed by atoms with Gasteiger partial charge in [0, 0.05) is 23.5 Å². The lowest BCUT2D eigenvalue weighted by molar-refractivity contribution is -0.117. The van der Waals surface area contributed by atoms with Crippen molar-refractivity contribution in [2.45, 2.75) is 52.1 Å². The number of H-pyrrole nitrogens is 1. The first-order chi connectivity index (χ1) is 16.3. The standard InChI is InChI=1S/C27H33N3O4S/c1-6-35(33,34)30(5)23-9-7-8-19(16(23)2)20-12-10-17(14-24(28)31)26-25(20)21-13-11-18(27(3,4)32)15-22(21)29-26/h6-10,12,18,29,32H,1,11,13-15H2,2-5H3,(H2,28,31). The van der Waals surface area contributed by atoms with Crippen molar-refractivity contribution in [1.82, 2.24) is 4.98 Å². The largest absolute Gasteiger partial charge is 0.390 e. The van der Waals surface area contributed by atoms with E-state index in [2.05, 4.69) is 11.6 Å². The number of hydrogen-bond donors (Lipinski definition) is 3. The first kappa shape index (κ1) is 25.0. The minimum atomic E-state index is -3.64. The van der Waals surface area contributed by atoms with Crippen molar-refractivity contribution >= 4 is 32.5 Å². The van der Waals surface area contributed by atoms with Gasteiger partial charge in [-0.3, -0.25) is 9.10 Å². The van der Waals surface area contributed by atoms with Gasteiger partial charge in [-0.2, -0.15) is 0 Å². The average molecular weight is 496 g/mol. The normalized spacial score (nSPS) is 16.2. The summed E-state index contributed by atoms with van der Waals surface area (Å²) in [5.74, 6) is -0.288. The van der Waals surface area contributed by atoms with Gasteiger partial charge in [0.05, 0.1) is 23.2 Å². The number of aliphatic hydroxyl groups is 1. The molecule has 1 atom stereocenters. The number of benzene rings is 2. The van der Waals surface area contributed by atoms with E-state index in [1.165, 1.54) is 16.9 Å². The van der Waals surface area contributed by atoms with E-state index in [-0.39, 0.29) is 12.3 Å². The number of aromatic nitrogens is 1. The summed E-state index contributed by atoms with van der Waals surface area (Å²) in [6, 6.07) is 9.51. The van der Waals surface area contributed by atoms with Crippen LogP contribution in [0.15, 0.2) is 42.3 Å². The molecular weight excluding hydrogens is 462 g/mol. The van der Waals surface area contributed by atoms with Gasteiger partial charge < -0.3 is 15.8 Å².